The lowest BCUT2D eigenvalue weighted by Gasteiger charge is -2.43. The number of aliphatic carboxylic acids is 1. The number of carboxylic acids is 1. The average molecular weight is 296 g/mol. The van der Waals surface area contributed by atoms with Crippen LogP contribution in [0, 0.1) is 11.3 Å². The largest absolute Gasteiger partial charge is 0.480 e. The maximum absolute atomic E-state index is 12.7. The van der Waals surface area contributed by atoms with Gasteiger partial charge in [-0.2, -0.15) is 0 Å². The number of carbonyl (C=O) groups excluding carboxylic acids is 1. The summed E-state index contributed by atoms with van der Waals surface area (Å²) >= 11 is 0. The molecule has 0 amide bonds. The highest BCUT2D eigenvalue weighted by Crippen LogP contribution is 2.45. The molecule has 0 bridgehead atoms. The van der Waals surface area contributed by atoms with Gasteiger partial charge >= 0.3 is 11.9 Å². The third-order valence-corrected chi connectivity index (χ3v) is 5.76. The van der Waals surface area contributed by atoms with Crippen LogP contribution in [0.15, 0.2) is 0 Å². The van der Waals surface area contributed by atoms with Crippen LogP contribution in [0.4, 0.5) is 0 Å². The van der Waals surface area contributed by atoms with E-state index in [2.05, 4.69) is 13.8 Å². The van der Waals surface area contributed by atoms with Crippen LogP contribution in [0.25, 0.3) is 0 Å². The van der Waals surface area contributed by atoms with Crippen LogP contribution in [0.2, 0.25) is 0 Å². The number of carboxylic acid groups (broad SMARTS) is 1. The van der Waals surface area contributed by atoms with Crippen molar-refractivity contribution >= 4 is 11.9 Å². The molecule has 0 aromatic carbocycles. The molecule has 0 radical (unpaired) electrons. The zero-order valence-corrected chi connectivity index (χ0v) is 13.3. The maximum atomic E-state index is 12.7. The van der Waals surface area contributed by atoms with Crippen LogP contribution in [0.1, 0.15) is 78.1 Å². The monoisotopic (exact) mass is 296 g/mol. The second-order valence-corrected chi connectivity index (χ2v) is 6.92. The first-order chi connectivity index (χ1) is 9.97. The van der Waals surface area contributed by atoms with Crippen LogP contribution < -0.4 is 0 Å². The molecule has 2 aliphatic carbocycles. The molecule has 0 spiro atoms. The lowest BCUT2D eigenvalue weighted by molar-refractivity contribution is -0.188. The summed E-state index contributed by atoms with van der Waals surface area (Å²) in [5.41, 5.74) is -1.72. The van der Waals surface area contributed by atoms with E-state index in [9.17, 15) is 14.7 Å². The molecule has 0 heterocycles. The fraction of sp³-hybridized carbons (Fsp3) is 0.882. The van der Waals surface area contributed by atoms with E-state index in [0.29, 0.717) is 12.8 Å². The molecule has 2 rings (SSSR count). The van der Waals surface area contributed by atoms with E-state index < -0.39 is 23.0 Å². The molecule has 2 fully saturated rings. The van der Waals surface area contributed by atoms with Crippen molar-refractivity contribution in [3.63, 3.8) is 0 Å². The SMILES string of the molecule is CCC(C)C1(OC(=O)C2(C(=O)O)CCCC2)CCCCC1. The highest BCUT2D eigenvalue weighted by atomic mass is 16.6. The normalized spacial score (nSPS) is 25.2. The predicted molar refractivity (Wildman–Crippen MR) is 79.9 cm³/mol. The summed E-state index contributed by atoms with van der Waals surface area (Å²) in [6.07, 6.45) is 8.49. The van der Waals surface area contributed by atoms with Gasteiger partial charge in [0.05, 0.1) is 0 Å². The number of hydrogen-bond acceptors (Lipinski definition) is 3. The molecule has 1 N–H and O–H groups in total. The summed E-state index contributed by atoms with van der Waals surface area (Å²) in [6.45, 7) is 4.23. The quantitative estimate of drug-likeness (QED) is 0.617. The van der Waals surface area contributed by atoms with Crippen molar-refractivity contribution in [3.8, 4) is 0 Å². The fourth-order valence-corrected chi connectivity index (χ4v) is 3.98. The van der Waals surface area contributed by atoms with E-state index in [0.717, 1.165) is 44.9 Å². The van der Waals surface area contributed by atoms with Gasteiger partial charge in [-0.3, -0.25) is 9.59 Å². The molecule has 0 aromatic heterocycles. The van der Waals surface area contributed by atoms with E-state index in [-0.39, 0.29) is 5.92 Å². The Kier molecular flexibility index (Phi) is 4.95. The summed E-state index contributed by atoms with van der Waals surface area (Å²) in [5.74, 6) is -1.19. The standard InChI is InChI=1S/C17H28O4/c1-3-13(2)17(11-5-4-6-12-17)21-15(20)16(14(18)19)9-7-8-10-16/h13H,3-12H2,1-2H3,(H,18,19). The average Bonchev–Trinajstić information content (AvgIpc) is 2.98. The highest BCUT2D eigenvalue weighted by molar-refractivity contribution is 5.99. The molecule has 1 unspecified atom stereocenters. The van der Waals surface area contributed by atoms with Gasteiger partial charge in [0.25, 0.3) is 0 Å². The maximum Gasteiger partial charge on any atom is 0.324 e. The second kappa shape index (κ2) is 6.37. The molecule has 2 aliphatic rings. The van der Waals surface area contributed by atoms with Gasteiger partial charge in [0.2, 0.25) is 0 Å². The molecular weight excluding hydrogens is 268 g/mol. The Balaban J connectivity index is 2.19. The van der Waals surface area contributed by atoms with Crippen molar-refractivity contribution in [1.29, 1.82) is 0 Å². The molecule has 21 heavy (non-hydrogen) atoms. The van der Waals surface area contributed by atoms with Gasteiger partial charge in [-0.25, -0.2) is 0 Å². The third kappa shape index (κ3) is 2.95. The lowest BCUT2D eigenvalue weighted by atomic mass is 9.74. The minimum atomic E-state index is -1.28. The zero-order chi connectivity index (χ0) is 15.5. The first kappa shape index (κ1) is 16.3. The number of hydrogen-bond donors (Lipinski definition) is 1. The molecule has 2 saturated carbocycles. The minimum absolute atomic E-state index is 0.286. The van der Waals surface area contributed by atoms with E-state index in [1.54, 1.807) is 0 Å². The third-order valence-electron chi connectivity index (χ3n) is 5.76. The van der Waals surface area contributed by atoms with Gasteiger partial charge in [-0.1, -0.05) is 33.1 Å². The van der Waals surface area contributed by atoms with Crippen LogP contribution in [0.5, 0.6) is 0 Å². The van der Waals surface area contributed by atoms with E-state index in [1.165, 1.54) is 6.42 Å². The Morgan fingerprint density at radius 3 is 2.05 bits per heavy atom. The Morgan fingerprint density at radius 2 is 1.57 bits per heavy atom. The molecule has 4 heteroatoms. The number of ether oxygens (including phenoxy) is 1. The van der Waals surface area contributed by atoms with Gasteiger partial charge in [-0.05, 0) is 50.9 Å². The Bertz CT molecular complexity index is 390. The summed E-state index contributed by atoms with van der Waals surface area (Å²) in [5, 5.41) is 9.54. The highest BCUT2D eigenvalue weighted by Gasteiger charge is 2.53. The van der Waals surface area contributed by atoms with E-state index >= 15 is 0 Å². The molecule has 0 aromatic rings. The Labute approximate surface area is 127 Å². The molecule has 0 aliphatic heterocycles. The summed E-state index contributed by atoms with van der Waals surface area (Å²) < 4.78 is 5.96. The number of esters is 1. The van der Waals surface area contributed by atoms with Crippen molar-refractivity contribution < 1.29 is 19.4 Å². The summed E-state index contributed by atoms with van der Waals surface area (Å²) in [6, 6.07) is 0. The van der Waals surface area contributed by atoms with Crippen LogP contribution in [-0.4, -0.2) is 22.6 Å². The molecular formula is C17H28O4. The van der Waals surface area contributed by atoms with Gasteiger partial charge < -0.3 is 9.84 Å². The van der Waals surface area contributed by atoms with Crippen LogP contribution >= 0.6 is 0 Å². The van der Waals surface area contributed by atoms with Crippen molar-refractivity contribution in [2.24, 2.45) is 11.3 Å². The first-order valence-electron chi connectivity index (χ1n) is 8.44. The molecule has 4 nitrogen and oxygen atoms in total. The molecule has 0 saturated heterocycles. The van der Waals surface area contributed by atoms with Gasteiger partial charge in [0.1, 0.15) is 5.60 Å². The van der Waals surface area contributed by atoms with Gasteiger partial charge in [0, 0.05) is 0 Å². The number of carbonyl (C=O) groups is 2. The zero-order valence-electron chi connectivity index (χ0n) is 13.3. The molecule has 120 valence electrons. The van der Waals surface area contributed by atoms with E-state index in [1.807, 2.05) is 0 Å². The van der Waals surface area contributed by atoms with Crippen LogP contribution in [-0.2, 0) is 14.3 Å². The molecule has 1 atom stereocenters. The minimum Gasteiger partial charge on any atom is -0.480 e. The number of rotatable bonds is 5. The summed E-state index contributed by atoms with van der Waals surface area (Å²) in [7, 11) is 0. The smallest absolute Gasteiger partial charge is 0.324 e. The predicted octanol–water partition coefficient (Wildman–Crippen LogP) is 3.92. The van der Waals surface area contributed by atoms with Crippen molar-refractivity contribution in [2.75, 3.05) is 0 Å². The summed E-state index contributed by atoms with van der Waals surface area (Å²) in [4.78, 5) is 24.3. The Morgan fingerprint density at radius 1 is 1.05 bits per heavy atom. The topological polar surface area (TPSA) is 63.6 Å². The fourth-order valence-electron chi connectivity index (χ4n) is 3.98. The van der Waals surface area contributed by atoms with Crippen LogP contribution in [0.3, 0.4) is 0 Å². The van der Waals surface area contributed by atoms with E-state index in [4.69, 9.17) is 4.74 Å². The second-order valence-electron chi connectivity index (χ2n) is 6.92. The van der Waals surface area contributed by atoms with Crippen molar-refractivity contribution in [1.82, 2.24) is 0 Å². The van der Waals surface area contributed by atoms with Gasteiger partial charge in [0.15, 0.2) is 5.41 Å². The first-order valence-corrected chi connectivity index (χ1v) is 8.44. The van der Waals surface area contributed by atoms with Crippen molar-refractivity contribution in [3.05, 3.63) is 0 Å². The Hall–Kier alpha value is -1.06. The van der Waals surface area contributed by atoms with Gasteiger partial charge in [-0.15, -0.1) is 0 Å². The lowest BCUT2D eigenvalue weighted by Crippen LogP contribution is -2.48. The van der Waals surface area contributed by atoms with Crippen molar-refractivity contribution in [2.45, 2.75) is 83.7 Å².